The third-order valence-electron chi connectivity index (χ3n) is 4.62. The van der Waals surface area contributed by atoms with Gasteiger partial charge in [-0.15, -0.1) is 11.3 Å². The molecule has 0 unspecified atom stereocenters. The number of nitrogens with one attached hydrogen (secondary N) is 1. The van der Waals surface area contributed by atoms with Crippen LogP contribution in [0.15, 0.2) is 72.2 Å². The summed E-state index contributed by atoms with van der Waals surface area (Å²) in [7, 11) is 0. The number of aromatic nitrogens is 2. The molecule has 1 N–H and O–H groups in total. The molecule has 6 heteroatoms. The second-order valence-corrected chi connectivity index (χ2v) is 7.69. The number of carbonyl (C=O) groups excluding carboxylic acids is 1. The number of thiazole rings is 1. The lowest BCUT2D eigenvalue weighted by Crippen LogP contribution is -2.27. The molecule has 0 saturated heterocycles. The zero-order chi connectivity index (χ0) is 20.2. The Kier molecular flexibility index (Phi) is 5.53. The van der Waals surface area contributed by atoms with Gasteiger partial charge in [-0.2, -0.15) is 0 Å². The van der Waals surface area contributed by atoms with E-state index in [4.69, 9.17) is 4.98 Å². The Morgan fingerprint density at radius 3 is 2.62 bits per heavy atom. The van der Waals surface area contributed by atoms with Gasteiger partial charge in [0, 0.05) is 23.7 Å². The molecule has 1 amide bonds. The van der Waals surface area contributed by atoms with E-state index in [0.717, 1.165) is 27.5 Å². The van der Waals surface area contributed by atoms with Gasteiger partial charge in [0.05, 0.1) is 11.4 Å². The van der Waals surface area contributed by atoms with Crippen LogP contribution in [0.4, 0.5) is 4.39 Å². The predicted molar refractivity (Wildman–Crippen MR) is 114 cm³/mol. The van der Waals surface area contributed by atoms with E-state index >= 15 is 0 Å². The summed E-state index contributed by atoms with van der Waals surface area (Å²) in [5.74, 6) is -0.396. The molecule has 0 aliphatic heterocycles. The predicted octanol–water partition coefficient (Wildman–Crippen LogP) is 5.04. The number of amides is 1. The van der Waals surface area contributed by atoms with Crippen LogP contribution in [0.5, 0.6) is 0 Å². The van der Waals surface area contributed by atoms with Gasteiger partial charge in [-0.05, 0) is 36.8 Å². The third-order valence-corrected chi connectivity index (χ3v) is 5.48. The van der Waals surface area contributed by atoms with E-state index in [9.17, 15) is 9.18 Å². The Hall–Kier alpha value is -3.25. The van der Waals surface area contributed by atoms with Crippen molar-refractivity contribution in [3.63, 3.8) is 0 Å². The zero-order valence-corrected chi connectivity index (χ0v) is 16.7. The molecule has 0 fully saturated rings. The van der Waals surface area contributed by atoms with Crippen LogP contribution in [0.3, 0.4) is 0 Å². The number of halogens is 1. The molecule has 2 aromatic heterocycles. The number of rotatable bonds is 6. The molecule has 2 heterocycles. The molecule has 0 bridgehead atoms. The monoisotopic (exact) mass is 405 g/mol. The summed E-state index contributed by atoms with van der Waals surface area (Å²) >= 11 is 1.56. The lowest BCUT2D eigenvalue weighted by Gasteiger charge is -2.09. The molecule has 0 radical (unpaired) electrons. The fourth-order valence-electron chi connectivity index (χ4n) is 3.01. The molecule has 4 aromatic rings. The minimum atomic E-state index is -0.287. The normalized spacial score (nSPS) is 10.8. The maximum Gasteiger partial charge on any atom is 0.240 e. The van der Waals surface area contributed by atoms with Gasteiger partial charge < -0.3 is 9.88 Å². The molecule has 2 aromatic carbocycles. The third kappa shape index (κ3) is 4.60. The molecule has 4 rings (SSSR count). The summed E-state index contributed by atoms with van der Waals surface area (Å²) in [6.07, 6.45) is 1.87. The minimum absolute atomic E-state index is 0.109. The fraction of sp³-hybridized carbons (Fsp3) is 0.130. The van der Waals surface area contributed by atoms with Crippen molar-refractivity contribution in [2.24, 2.45) is 0 Å². The Morgan fingerprint density at radius 1 is 1.10 bits per heavy atom. The Morgan fingerprint density at radius 2 is 1.86 bits per heavy atom. The van der Waals surface area contributed by atoms with Crippen molar-refractivity contribution in [2.45, 2.75) is 20.0 Å². The van der Waals surface area contributed by atoms with E-state index in [1.165, 1.54) is 17.7 Å². The summed E-state index contributed by atoms with van der Waals surface area (Å²) in [4.78, 5) is 17.1. The van der Waals surface area contributed by atoms with Crippen molar-refractivity contribution >= 4 is 17.2 Å². The largest absolute Gasteiger partial charge is 0.350 e. The zero-order valence-electron chi connectivity index (χ0n) is 15.9. The van der Waals surface area contributed by atoms with Crippen LogP contribution < -0.4 is 5.32 Å². The second kappa shape index (κ2) is 8.41. The van der Waals surface area contributed by atoms with E-state index in [-0.39, 0.29) is 18.3 Å². The van der Waals surface area contributed by atoms with Crippen molar-refractivity contribution in [3.05, 3.63) is 89.2 Å². The molecule has 0 atom stereocenters. The topological polar surface area (TPSA) is 46.9 Å². The van der Waals surface area contributed by atoms with Crippen molar-refractivity contribution in [3.8, 4) is 22.0 Å². The maximum atomic E-state index is 13.0. The SMILES string of the molecule is Cc1ccc(-c2csc(-c3cccn3CC(=O)NCc3ccc(F)cc3)n2)cc1. The van der Waals surface area contributed by atoms with Crippen molar-refractivity contribution in [1.82, 2.24) is 14.9 Å². The lowest BCUT2D eigenvalue weighted by molar-refractivity contribution is -0.121. The first kappa shape index (κ1) is 19.1. The van der Waals surface area contributed by atoms with Crippen LogP contribution in [-0.4, -0.2) is 15.5 Å². The van der Waals surface area contributed by atoms with Gasteiger partial charge in [-0.1, -0.05) is 42.0 Å². The van der Waals surface area contributed by atoms with Crippen LogP contribution in [0.25, 0.3) is 22.0 Å². The number of aryl methyl sites for hydroxylation is 1. The fourth-order valence-corrected chi connectivity index (χ4v) is 3.88. The van der Waals surface area contributed by atoms with Gasteiger partial charge in [0.15, 0.2) is 0 Å². The van der Waals surface area contributed by atoms with Crippen molar-refractivity contribution in [2.75, 3.05) is 0 Å². The van der Waals surface area contributed by atoms with E-state index < -0.39 is 0 Å². The van der Waals surface area contributed by atoms with Crippen LogP contribution >= 0.6 is 11.3 Å². The molecular weight excluding hydrogens is 385 g/mol. The quantitative estimate of drug-likeness (QED) is 0.488. The highest BCUT2D eigenvalue weighted by Gasteiger charge is 2.12. The van der Waals surface area contributed by atoms with E-state index in [1.54, 1.807) is 23.5 Å². The highest BCUT2D eigenvalue weighted by molar-refractivity contribution is 7.13. The summed E-state index contributed by atoms with van der Waals surface area (Å²) in [5.41, 5.74) is 4.98. The average Bonchev–Trinajstić information content (AvgIpc) is 3.37. The smallest absolute Gasteiger partial charge is 0.240 e. The highest BCUT2D eigenvalue weighted by atomic mass is 32.1. The van der Waals surface area contributed by atoms with Crippen molar-refractivity contribution in [1.29, 1.82) is 0 Å². The van der Waals surface area contributed by atoms with Crippen LogP contribution in [0.2, 0.25) is 0 Å². The Labute approximate surface area is 172 Å². The van der Waals surface area contributed by atoms with Gasteiger partial charge in [-0.25, -0.2) is 9.37 Å². The second-order valence-electron chi connectivity index (χ2n) is 6.83. The van der Waals surface area contributed by atoms with Gasteiger partial charge in [0.1, 0.15) is 17.4 Å². The first-order valence-corrected chi connectivity index (χ1v) is 10.2. The summed E-state index contributed by atoms with van der Waals surface area (Å²) < 4.78 is 14.9. The number of carbonyl (C=O) groups is 1. The number of hydrogen-bond donors (Lipinski definition) is 1. The molecule has 0 saturated carbocycles. The molecule has 146 valence electrons. The first-order chi connectivity index (χ1) is 14.1. The van der Waals surface area contributed by atoms with Gasteiger partial charge >= 0.3 is 0 Å². The van der Waals surface area contributed by atoms with Gasteiger partial charge in [-0.3, -0.25) is 4.79 Å². The molecule has 0 aliphatic rings. The van der Waals surface area contributed by atoms with Gasteiger partial charge in [0.2, 0.25) is 5.91 Å². The van der Waals surface area contributed by atoms with Crippen molar-refractivity contribution < 1.29 is 9.18 Å². The first-order valence-electron chi connectivity index (χ1n) is 9.28. The molecular formula is C23H20FN3OS. The van der Waals surface area contributed by atoms with E-state index in [0.29, 0.717) is 6.54 Å². The van der Waals surface area contributed by atoms with Gasteiger partial charge in [0.25, 0.3) is 0 Å². The number of nitrogens with zero attached hydrogens (tertiary/aromatic N) is 2. The Balaban J connectivity index is 1.44. The standard InChI is InChI=1S/C23H20FN3OS/c1-16-4-8-18(9-5-16)20-15-29-23(26-20)21-3-2-12-27(21)14-22(28)25-13-17-6-10-19(24)11-7-17/h2-12,15H,13-14H2,1H3,(H,25,28). The van der Waals surface area contributed by atoms with E-state index in [1.807, 2.05) is 28.3 Å². The minimum Gasteiger partial charge on any atom is -0.350 e. The number of benzene rings is 2. The summed E-state index contributed by atoms with van der Waals surface area (Å²) in [5, 5.41) is 5.78. The highest BCUT2D eigenvalue weighted by Crippen LogP contribution is 2.29. The van der Waals surface area contributed by atoms with E-state index in [2.05, 4.69) is 36.5 Å². The summed E-state index contributed by atoms with van der Waals surface area (Å²) in [6.45, 7) is 2.62. The Bertz CT molecular complexity index is 1110. The van der Waals surface area contributed by atoms with Crippen LogP contribution in [0.1, 0.15) is 11.1 Å². The van der Waals surface area contributed by atoms with Crippen LogP contribution in [0, 0.1) is 12.7 Å². The van der Waals surface area contributed by atoms with Crippen LogP contribution in [-0.2, 0) is 17.9 Å². The lowest BCUT2D eigenvalue weighted by atomic mass is 10.1. The maximum absolute atomic E-state index is 13.0. The molecule has 4 nitrogen and oxygen atoms in total. The summed E-state index contributed by atoms with van der Waals surface area (Å²) in [6, 6.07) is 18.3. The molecule has 0 aliphatic carbocycles. The number of hydrogen-bond acceptors (Lipinski definition) is 3. The molecule has 29 heavy (non-hydrogen) atoms. The molecule has 0 spiro atoms. The average molecular weight is 405 g/mol.